The molecule has 0 aliphatic carbocycles. The second-order valence-corrected chi connectivity index (χ2v) is 13.3. The minimum absolute atomic E-state index is 0.0187. The molecule has 0 amide bonds. The lowest BCUT2D eigenvalue weighted by atomic mass is 10.0. The van der Waals surface area contributed by atoms with Crippen LogP contribution in [-0.2, 0) is 6.61 Å². The number of nitrogens with zero attached hydrogens (tertiary/aromatic N) is 2. The first-order chi connectivity index (χ1) is 26.0. The average molecular weight is 719 g/mol. The third-order valence-electron chi connectivity index (χ3n) is 9.08. The first-order valence-corrected chi connectivity index (χ1v) is 17.9. The smallest absolute Gasteiger partial charge is 0.160 e. The van der Waals surface area contributed by atoms with Crippen molar-refractivity contribution in [2.24, 2.45) is 0 Å². The van der Waals surface area contributed by atoms with Gasteiger partial charge in [-0.25, -0.2) is 0 Å². The van der Waals surface area contributed by atoms with Gasteiger partial charge in [0.05, 0.1) is 32.8 Å². The fourth-order valence-corrected chi connectivity index (χ4v) is 7.27. The van der Waals surface area contributed by atoms with Gasteiger partial charge in [0.15, 0.2) is 6.29 Å². The highest BCUT2D eigenvalue weighted by Crippen LogP contribution is 2.42. The summed E-state index contributed by atoms with van der Waals surface area (Å²) in [6.07, 6.45) is 0.938. The molecular formula is C45H38N2O5S. The molecule has 7 nitrogen and oxygen atoms in total. The van der Waals surface area contributed by atoms with Crippen molar-refractivity contribution in [2.75, 3.05) is 31.1 Å². The van der Waals surface area contributed by atoms with Gasteiger partial charge in [-0.1, -0.05) is 36.4 Å². The van der Waals surface area contributed by atoms with Crippen LogP contribution in [0.3, 0.4) is 0 Å². The number of carbonyl (C=O) groups is 1. The number of rotatable bonds is 13. The molecule has 0 bridgehead atoms. The lowest BCUT2D eigenvalue weighted by molar-refractivity contribution is 0.112. The summed E-state index contributed by atoms with van der Waals surface area (Å²) in [6.45, 7) is -0.0187. The van der Waals surface area contributed by atoms with Crippen LogP contribution in [0.15, 0.2) is 152 Å². The van der Waals surface area contributed by atoms with Gasteiger partial charge in [0.2, 0.25) is 0 Å². The summed E-state index contributed by atoms with van der Waals surface area (Å²) in [5.74, 6) is 2.35. The van der Waals surface area contributed by atoms with Gasteiger partial charge >= 0.3 is 0 Å². The van der Waals surface area contributed by atoms with Crippen LogP contribution in [0.2, 0.25) is 0 Å². The fraction of sp³-hybridized carbons (Fsp3) is 0.0889. The van der Waals surface area contributed by atoms with E-state index in [-0.39, 0.29) is 6.61 Å². The number of aliphatic hydroxyl groups excluding tert-OH is 1. The molecule has 1 heterocycles. The Morgan fingerprint density at radius 1 is 0.509 bits per heavy atom. The van der Waals surface area contributed by atoms with E-state index in [4.69, 9.17) is 14.2 Å². The summed E-state index contributed by atoms with van der Waals surface area (Å²) in [5.41, 5.74) is 9.52. The SMILES string of the molecule is COc1ccc(N(c2ccc(OC)cc2)c2ccc(-c3cc(-c4ccc(N(c5ccc(CO)cc5)c5ccc(OC)cc5)cc4)c(C=O)s3)cc2)cc1. The zero-order chi connectivity index (χ0) is 36.7. The minimum Gasteiger partial charge on any atom is -0.497 e. The second kappa shape index (κ2) is 15.9. The van der Waals surface area contributed by atoms with E-state index in [9.17, 15) is 9.90 Å². The van der Waals surface area contributed by atoms with Crippen molar-refractivity contribution in [3.8, 4) is 38.8 Å². The third kappa shape index (κ3) is 7.51. The summed E-state index contributed by atoms with van der Waals surface area (Å²) in [5, 5.41) is 9.60. The van der Waals surface area contributed by atoms with Crippen LogP contribution in [0.4, 0.5) is 34.1 Å². The lowest BCUT2D eigenvalue weighted by Crippen LogP contribution is -2.10. The zero-order valence-corrected chi connectivity index (χ0v) is 30.4. The number of benzene rings is 6. The number of hydrogen-bond acceptors (Lipinski definition) is 8. The Labute approximate surface area is 313 Å². The lowest BCUT2D eigenvalue weighted by Gasteiger charge is -2.26. The number of aliphatic hydroxyl groups is 1. The largest absolute Gasteiger partial charge is 0.497 e. The first-order valence-electron chi connectivity index (χ1n) is 17.0. The maximum absolute atomic E-state index is 12.4. The van der Waals surface area contributed by atoms with Crippen molar-refractivity contribution in [1.82, 2.24) is 0 Å². The highest BCUT2D eigenvalue weighted by atomic mass is 32.1. The molecule has 0 fully saturated rings. The standard InChI is InChI=1S/C45H38N2O5S/c1-50-40-22-16-37(17-23-40)46(34-10-4-31(29-48)5-11-34)35-12-6-32(7-13-35)43-28-44(53-45(43)30-49)33-8-14-36(15-9-33)47(38-18-24-41(51-2)25-19-38)39-20-26-42(52-3)27-21-39/h4-28,30,48H,29H2,1-3H3. The molecule has 0 atom stereocenters. The van der Waals surface area contributed by atoms with Crippen LogP contribution >= 0.6 is 11.3 Å². The van der Waals surface area contributed by atoms with Crippen LogP contribution < -0.4 is 24.0 Å². The number of thiophene rings is 1. The minimum atomic E-state index is -0.0187. The van der Waals surface area contributed by atoms with E-state index in [0.29, 0.717) is 4.88 Å². The molecule has 1 N–H and O–H groups in total. The van der Waals surface area contributed by atoms with Gasteiger partial charge in [-0.3, -0.25) is 4.79 Å². The van der Waals surface area contributed by atoms with E-state index in [1.165, 1.54) is 11.3 Å². The predicted octanol–water partition coefficient (Wildman–Crippen LogP) is 11.4. The van der Waals surface area contributed by atoms with E-state index in [1.807, 2.05) is 97.1 Å². The molecule has 6 aromatic carbocycles. The topological polar surface area (TPSA) is 71.5 Å². The summed E-state index contributed by atoms with van der Waals surface area (Å²) in [7, 11) is 4.97. The van der Waals surface area contributed by atoms with E-state index in [0.717, 1.165) is 84.8 Å². The monoisotopic (exact) mass is 718 g/mol. The van der Waals surface area contributed by atoms with Crippen LogP contribution in [0.1, 0.15) is 15.2 Å². The van der Waals surface area contributed by atoms with Gasteiger partial charge in [0.25, 0.3) is 0 Å². The molecule has 1 aromatic heterocycles. The van der Waals surface area contributed by atoms with E-state index in [2.05, 4.69) is 64.4 Å². The molecule has 0 aliphatic rings. The summed E-state index contributed by atoms with van der Waals surface area (Å²) in [6, 6.07) is 50.4. The van der Waals surface area contributed by atoms with Crippen LogP contribution in [0.5, 0.6) is 17.2 Å². The molecule has 53 heavy (non-hydrogen) atoms. The Hall–Kier alpha value is -6.35. The Morgan fingerprint density at radius 3 is 1.19 bits per heavy atom. The molecule has 264 valence electrons. The molecule has 0 radical (unpaired) electrons. The van der Waals surface area contributed by atoms with E-state index >= 15 is 0 Å². The molecule has 0 aliphatic heterocycles. The highest BCUT2D eigenvalue weighted by molar-refractivity contribution is 7.17. The number of carbonyl (C=O) groups excluding carboxylic acids is 1. The molecule has 0 unspecified atom stereocenters. The van der Waals surface area contributed by atoms with Crippen molar-refractivity contribution in [3.63, 3.8) is 0 Å². The Bertz CT molecular complexity index is 2170. The second-order valence-electron chi connectivity index (χ2n) is 12.2. The zero-order valence-electron chi connectivity index (χ0n) is 29.6. The third-order valence-corrected chi connectivity index (χ3v) is 10.2. The predicted molar refractivity (Wildman–Crippen MR) is 216 cm³/mol. The van der Waals surface area contributed by atoms with Gasteiger partial charge in [0, 0.05) is 44.6 Å². The molecule has 0 spiro atoms. The van der Waals surface area contributed by atoms with Crippen molar-refractivity contribution in [2.45, 2.75) is 6.61 Å². The van der Waals surface area contributed by atoms with Crippen molar-refractivity contribution < 1.29 is 24.1 Å². The van der Waals surface area contributed by atoms with Crippen LogP contribution in [0, 0.1) is 0 Å². The van der Waals surface area contributed by atoms with Gasteiger partial charge in [-0.15, -0.1) is 11.3 Å². The van der Waals surface area contributed by atoms with E-state index < -0.39 is 0 Å². The van der Waals surface area contributed by atoms with Crippen LogP contribution in [0.25, 0.3) is 21.6 Å². The molecular weight excluding hydrogens is 681 g/mol. The summed E-state index contributed by atoms with van der Waals surface area (Å²) < 4.78 is 16.2. The number of aldehydes is 1. The van der Waals surface area contributed by atoms with Crippen molar-refractivity contribution >= 4 is 51.7 Å². The maximum Gasteiger partial charge on any atom is 0.160 e. The van der Waals surface area contributed by atoms with Gasteiger partial charge in [-0.05, 0) is 132 Å². The molecule has 7 rings (SSSR count). The summed E-state index contributed by atoms with van der Waals surface area (Å²) >= 11 is 1.48. The highest BCUT2D eigenvalue weighted by Gasteiger charge is 2.17. The average Bonchev–Trinajstić information content (AvgIpc) is 3.67. The van der Waals surface area contributed by atoms with Crippen molar-refractivity contribution in [1.29, 1.82) is 0 Å². The maximum atomic E-state index is 12.4. The normalized spacial score (nSPS) is 10.8. The first kappa shape index (κ1) is 35.1. The Kier molecular flexibility index (Phi) is 10.5. The molecule has 7 aromatic rings. The van der Waals surface area contributed by atoms with Gasteiger partial charge < -0.3 is 29.1 Å². The molecule has 0 saturated heterocycles. The van der Waals surface area contributed by atoms with Gasteiger partial charge in [0.1, 0.15) is 17.2 Å². The number of methoxy groups -OCH3 is 3. The van der Waals surface area contributed by atoms with Crippen molar-refractivity contribution in [3.05, 3.63) is 162 Å². The molecule has 0 saturated carbocycles. The Morgan fingerprint density at radius 2 is 0.849 bits per heavy atom. The number of ether oxygens (including phenoxy) is 3. The fourth-order valence-electron chi connectivity index (χ4n) is 6.26. The number of anilines is 6. The summed E-state index contributed by atoms with van der Waals surface area (Å²) in [4.78, 5) is 18.4. The quantitative estimate of drug-likeness (QED) is 0.119. The van der Waals surface area contributed by atoms with Gasteiger partial charge in [-0.2, -0.15) is 0 Å². The number of hydrogen-bond donors (Lipinski definition) is 1. The molecule has 8 heteroatoms. The van der Waals surface area contributed by atoms with E-state index in [1.54, 1.807) is 21.3 Å². The van der Waals surface area contributed by atoms with Crippen LogP contribution in [-0.4, -0.2) is 32.7 Å². The Balaban J connectivity index is 1.19.